The third kappa shape index (κ3) is 3.58. The van der Waals surface area contributed by atoms with Crippen LogP contribution >= 0.6 is 0 Å². The molecule has 0 fully saturated rings. The number of hydrogen-bond donors (Lipinski definition) is 0. The van der Waals surface area contributed by atoms with E-state index >= 15 is 0 Å². The average molecular weight is 308 g/mol. The maximum atomic E-state index is 12.1. The van der Waals surface area contributed by atoms with Crippen molar-refractivity contribution in [2.45, 2.75) is 6.61 Å². The number of benzene rings is 2. The molecule has 5 nitrogen and oxygen atoms in total. The zero-order valence-corrected chi connectivity index (χ0v) is 12.7. The lowest BCUT2D eigenvalue weighted by atomic mass is 10.2. The van der Waals surface area contributed by atoms with E-state index in [1.807, 2.05) is 54.6 Å². The molecule has 3 rings (SSSR count). The number of para-hydroxylation sites is 1. The highest BCUT2D eigenvalue weighted by molar-refractivity contribution is 5.88. The first-order chi connectivity index (χ1) is 11.3. The van der Waals surface area contributed by atoms with Gasteiger partial charge >= 0.3 is 5.97 Å². The van der Waals surface area contributed by atoms with Crippen LogP contribution in [0.25, 0.3) is 5.69 Å². The second-order valence-electron chi connectivity index (χ2n) is 4.94. The molecule has 0 aliphatic heterocycles. The fraction of sp³-hybridized carbons (Fsp3) is 0.111. The van der Waals surface area contributed by atoms with Crippen LogP contribution < -0.4 is 4.74 Å². The van der Waals surface area contributed by atoms with Gasteiger partial charge in [0.15, 0.2) is 0 Å². The highest BCUT2D eigenvalue weighted by Crippen LogP contribution is 2.14. The maximum Gasteiger partial charge on any atom is 0.341 e. The Balaban J connectivity index is 1.66. The van der Waals surface area contributed by atoms with Crippen molar-refractivity contribution >= 4 is 5.97 Å². The molecule has 0 aliphatic rings. The Bertz CT molecular complexity index is 797. The highest BCUT2D eigenvalue weighted by Gasteiger charge is 2.11. The van der Waals surface area contributed by atoms with Gasteiger partial charge in [-0.05, 0) is 29.8 Å². The number of rotatable bonds is 5. The number of hydrogen-bond acceptors (Lipinski definition) is 4. The van der Waals surface area contributed by atoms with Crippen molar-refractivity contribution in [2.75, 3.05) is 7.11 Å². The fourth-order valence-electron chi connectivity index (χ4n) is 2.14. The smallest absolute Gasteiger partial charge is 0.341 e. The second kappa shape index (κ2) is 6.79. The Hall–Kier alpha value is -3.08. The lowest BCUT2D eigenvalue weighted by molar-refractivity contribution is 0.0472. The molecule has 0 radical (unpaired) electrons. The molecule has 5 heteroatoms. The molecule has 0 N–H and O–H groups in total. The molecule has 0 saturated carbocycles. The van der Waals surface area contributed by atoms with Crippen LogP contribution in [0.1, 0.15) is 15.9 Å². The second-order valence-corrected chi connectivity index (χ2v) is 4.94. The van der Waals surface area contributed by atoms with Crippen molar-refractivity contribution in [1.29, 1.82) is 0 Å². The molecule has 0 atom stereocenters. The van der Waals surface area contributed by atoms with Gasteiger partial charge in [0.1, 0.15) is 12.4 Å². The summed E-state index contributed by atoms with van der Waals surface area (Å²) in [5.41, 5.74) is 2.17. The highest BCUT2D eigenvalue weighted by atomic mass is 16.5. The molecule has 0 bridgehead atoms. The van der Waals surface area contributed by atoms with Crippen molar-refractivity contribution in [3.8, 4) is 11.4 Å². The van der Waals surface area contributed by atoms with Gasteiger partial charge in [0.05, 0.1) is 24.6 Å². The number of ether oxygens (including phenoxy) is 2. The lowest BCUT2D eigenvalue weighted by Crippen LogP contribution is -2.04. The Morgan fingerprint density at radius 3 is 2.74 bits per heavy atom. The quantitative estimate of drug-likeness (QED) is 0.679. The van der Waals surface area contributed by atoms with Crippen LogP contribution in [0.2, 0.25) is 0 Å². The van der Waals surface area contributed by atoms with E-state index in [0.29, 0.717) is 5.56 Å². The standard InChI is InChI=1S/C18H16N2O3/c1-22-17-9-5-6-14(10-17)13-23-18(21)15-11-19-20(12-15)16-7-3-2-4-8-16/h2-12H,13H2,1H3. The first kappa shape index (κ1) is 14.8. The van der Waals surface area contributed by atoms with E-state index in [1.165, 1.54) is 6.20 Å². The molecule has 1 aromatic heterocycles. The molecule has 3 aromatic rings. The van der Waals surface area contributed by atoms with Crippen molar-refractivity contribution in [1.82, 2.24) is 9.78 Å². The average Bonchev–Trinajstić information content (AvgIpc) is 3.11. The van der Waals surface area contributed by atoms with Gasteiger partial charge in [-0.15, -0.1) is 0 Å². The Kier molecular flexibility index (Phi) is 4.38. The summed E-state index contributed by atoms with van der Waals surface area (Å²) >= 11 is 0. The van der Waals surface area contributed by atoms with Crippen molar-refractivity contribution < 1.29 is 14.3 Å². The number of esters is 1. The zero-order chi connectivity index (χ0) is 16.1. The molecular weight excluding hydrogens is 292 g/mol. The largest absolute Gasteiger partial charge is 0.497 e. The van der Waals surface area contributed by atoms with E-state index in [1.54, 1.807) is 18.0 Å². The summed E-state index contributed by atoms with van der Waals surface area (Å²) in [7, 11) is 1.60. The van der Waals surface area contributed by atoms with Crippen LogP contribution in [0.15, 0.2) is 67.0 Å². The van der Waals surface area contributed by atoms with Crippen LogP contribution in [0, 0.1) is 0 Å². The van der Waals surface area contributed by atoms with Crippen molar-refractivity contribution in [2.24, 2.45) is 0 Å². The summed E-state index contributed by atoms with van der Waals surface area (Å²) < 4.78 is 12.1. The molecule has 0 amide bonds. The normalized spacial score (nSPS) is 10.3. The first-order valence-electron chi connectivity index (χ1n) is 7.16. The van der Waals surface area contributed by atoms with E-state index in [4.69, 9.17) is 9.47 Å². The number of carbonyl (C=O) groups excluding carboxylic acids is 1. The molecule has 0 spiro atoms. The number of aromatic nitrogens is 2. The van der Waals surface area contributed by atoms with E-state index < -0.39 is 5.97 Å². The summed E-state index contributed by atoms with van der Waals surface area (Å²) in [6.07, 6.45) is 3.16. The molecule has 23 heavy (non-hydrogen) atoms. The van der Waals surface area contributed by atoms with Crippen LogP contribution in [-0.2, 0) is 11.3 Å². The molecule has 0 unspecified atom stereocenters. The van der Waals surface area contributed by atoms with Gasteiger partial charge in [-0.1, -0.05) is 30.3 Å². The minimum absolute atomic E-state index is 0.187. The van der Waals surface area contributed by atoms with E-state index in [2.05, 4.69) is 5.10 Å². The zero-order valence-electron chi connectivity index (χ0n) is 12.7. The molecule has 0 aliphatic carbocycles. The summed E-state index contributed by atoms with van der Waals surface area (Å²) in [5.74, 6) is 0.324. The van der Waals surface area contributed by atoms with E-state index in [9.17, 15) is 4.79 Å². The minimum Gasteiger partial charge on any atom is -0.497 e. The number of methoxy groups -OCH3 is 1. The van der Waals surface area contributed by atoms with Gasteiger partial charge in [-0.2, -0.15) is 5.10 Å². The number of carbonyl (C=O) groups is 1. The van der Waals surface area contributed by atoms with Crippen molar-refractivity contribution in [3.05, 3.63) is 78.1 Å². The van der Waals surface area contributed by atoms with Gasteiger partial charge in [0.25, 0.3) is 0 Å². The summed E-state index contributed by atoms with van der Waals surface area (Å²) in [6.45, 7) is 0.187. The fourth-order valence-corrected chi connectivity index (χ4v) is 2.14. The third-order valence-corrected chi connectivity index (χ3v) is 3.34. The van der Waals surface area contributed by atoms with Gasteiger partial charge in [-0.3, -0.25) is 0 Å². The predicted octanol–water partition coefficient (Wildman–Crippen LogP) is 3.24. The Labute approximate surface area is 134 Å². The monoisotopic (exact) mass is 308 g/mol. The van der Waals surface area contributed by atoms with Gasteiger partial charge in [0, 0.05) is 6.20 Å². The van der Waals surface area contributed by atoms with Crippen LogP contribution in [0.3, 0.4) is 0 Å². The van der Waals surface area contributed by atoms with Gasteiger partial charge in [-0.25, -0.2) is 9.48 Å². The molecular formula is C18H16N2O3. The predicted molar refractivity (Wildman–Crippen MR) is 85.7 cm³/mol. The molecule has 1 heterocycles. The minimum atomic E-state index is -0.407. The number of nitrogens with zero attached hydrogens (tertiary/aromatic N) is 2. The van der Waals surface area contributed by atoms with Gasteiger partial charge in [0.2, 0.25) is 0 Å². The van der Waals surface area contributed by atoms with Gasteiger partial charge < -0.3 is 9.47 Å². The summed E-state index contributed by atoms with van der Waals surface area (Å²) in [6, 6.07) is 17.0. The first-order valence-corrected chi connectivity index (χ1v) is 7.16. The third-order valence-electron chi connectivity index (χ3n) is 3.34. The topological polar surface area (TPSA) is 53.4 Å². The Morgan fingerprint density at radius 1 is 1.13 bits per heavy atom. The van der Waals surface area contributed by atoms with Crippen LogP contribution in [0.5, 0.6) is 5.75 Å². The maximum absolute atomic E-state index is 12.1. The van der Waals surface area contributed by atoms with E-state index in [-0.39, 0.29) is 6.61 Å². The van der Waals surface area contributed by atoms with E-state index in [0.717, 1.165) is 17.0 Å². The lowest BCUT2D eigenvalue weighted by Gasteiger charge is -2.05. The SMILES string of the molecule is COc1cccc(COC(=O)c2cnn(-c3ccccc3)c2)c1. The van der Waals surface area contributed by atoms with Crippen molar-refractivity contribution in [3.63, 3.8) is 0 Å². The summed E-state index contributed by atoms with van der Waals surface area (Å²) in [5, 5.41) is 4.19. The molecule has 2 aromatic carbocycles. The Morgan fingerprint density at radius 2 is 1.96 bits per heavy atom. The molecule has 0 saturated heterocycles. The summed E-state index contributed by atoms with van der Waals surface area (Å²) in [4.78, 5) is 12.1. The van der Waals surface area contributed by atoms with Crippen LogP contribution in [0.4, 0.5) is 0 Å². The van der Waals surface area contributed by atoms with Crippen LogP contribution in [-0.4, -0.2) is 22.9 Å². The molecule has 116 valence electrons.